The second kappa shape index (κ2) is 11.3. The molecule has 0 bridgehead atoms. The van der Waals surface area contributed by atoms with Crippen LogP contribution in [-0.2, 0) is 4.74 Å². The summed E-state index contributed by atoms with van der Waals surface area (Å²) >= 11 is 0. The Bertz CT molecular complexity index is 1020. The van der Waals surface area contributed by atoms with Crippen molar-refractivity contribution in [2.75, 3.05) is 20.3 Å². The van der Waals surface area contributed by atoms with Gasteiger partial charge in [0, 0.05) is 25.2 Å². The number of nitrogens with zero attached hydrogens (tertiary/aromatic N) is 2. The summed E-state index contributed by atoms with van der Waals surface area (Å²) in [5.74, 6) is 1.22. The van der Waals surface area contributed by atoms with E-state index in [2.05, 4.69) is 115 Å². The molecule has 5 radical (unpaired) electrons. The van der Waals surface area contributed by atoms with Gasteiger partial charge in [0.2, 0.25) is 0 Å². The molecule has 5 rings (SSSR count). The second-order valence-electron chi connectivity index (χ2n) is 8.56. The fourth-order valence-electron chi connectivity index (χ4n) is 4.69. The third kappa shape index (κ3) is 5.11. The molecule has 2 fully saturated rings. The van der Waals surface area contributed by atoms with Crippen LogP contribution >= 0.6 is 7.92 Å². The summed E-state index contributed by atoms with van der Waals surface area (Å²) in [6, 6.07) is 32.7. The highest BCUT2D eigenvalue weighted by Gasteiger charge is 2.41. The van der Waals surface area contributed by atoms with E-state index in [1.54, 1.807) is 7.11 Å². The Balaban J connectivity index is 1.56. The average Bonchev–Trinajstić information content (AvgIpc) is 3.55. The first-order valence-electron chi connectivity index (χ1n) is 11.9. The second-order valence-corrected chi connectivity index (χ2v) is 10.7. The van der Waals surface area contributed by atoms with Crippen molar-refractivity contribution in [3.63, 3.8) is 0 Å². The van der Waals surface area contributed by atoms with Crippen molar-refractivity contribution in [3.05, 3.63) is 127 Å². The molecular weight excluding hydrogens is 435 g/mol. The Kier molecular flexibility index (Phi) is 7.73. The number of hydrogen-bond donors (Lipinski definition) is 0. The van der Waals surface area contributed by atoms with E-state index in [1.165, 1.54) is 22.2 Å². The molecule has 0 amide bonds. The smallest absolute Gasteiger partial charge is 0.0762 e. The van der Waals surface area contributed by atoms with Gasteiger partial charge in [0.05, 0.1) is 18.4 Å². The first-order valence-corrected chi connectivity index (χ1v) is 13.2. The summed E-state index contributed by atoms with van der Waals surface area (Å²) < 4.78 is 5.50. The quantitative estimate of drug-likeness (QED) is 0.330. The van der Waals surface area contributed by atoms with Crippen molar-refractivity contribution in [2.24, 2.45) is 5.10 Å². The van der Waals surface area contributed by atoms with Crippen LogP contribution in [0.15, 0.2) is 96.1 Å². The van der Waals surface area contributed by atoms with E-state index in [-0.39, 0.29) is 0 Å². The molecule has 1 atom stereocenters. The van der Waals surface area contributed by atoms with E-state index in [0.717, 1.165) is 30.7 Å². The largest absolute Gasteiger partial charge is 0.382 e. The van der Waals surface area contributed by atoms with Crippen molar-refractivity contribution < 1.29 is 4.74 Å². The summed E-state index contributed by atoms with van der Waals surface area (Å²) in [6.45, 7) is 1.67. The van der Waals surface area contributed by atoms with Gasteiger partial charge in [-0.3, -0.25) is 5.01 Å². The van der Waals surface area contributed by atoms with Crippen LogP contribution < -0.4 is 10.6 Å². The topological polar surface area (TPSA) is 24.8 Å². The first kappa shape index (κ1) is 23.3. The lowest BCUT2D eigenvalue weighted by Gasteiger charge is -2.31. The molecule has 1 aliphatic heterocycles. The number of methoxy groups -OCH3 is 1. The molecule has 34 heavy (non-hydrogen) atoms. The minimum Gasteiger partial charge on any atom is -0.382 e. The van der Waals surface area contributed by atoms with Crippen LogP contribution in [0.4, 0.5) is 0 Å². The third-order valence-corrected chi connectivity index (χ3v) is 8.80. The van der Waals surface area contributed by atoms with Crippen LogP contribution in [-0.4, -0.2) is 37.0 Å². The van der Waals surface area contributed by atoms with E-state index in [1.807, 2.05) is 0 Å². The van der Waals surface area contributed by atoms with Gasteiger partial charge in [-0.2, -0.15) is 5.10 Å². The van der Waals surface area contributed by atoms with Crippen molar-refractivity contribution in [1.82, 2.24) is 5.01 Å². The van der Waals surface area contributed by atoms with E-state index in [0.29, 0.717) is 12.6 Å². The van der Waals surface area contributed by atoms with Gasteiger partial charge in [-0.25, -0.2) is 0 Å². The number of hydrazone groups is 1. The zero-order valence-electron chi connectivity index (χ0n) is 19.5. The predicted molar refractivity (Wildman–Crippen MR) is 143 cm³/mol. The highest BCUT2D eigenvalue weighted by molar-refractivity contribution is 7.76. The molecule has 1 saturated carbocycles. The van der Waals surface area contributed by atoms with E-state index in [4.69, 9.17) is 9.84 Å². The summed E-state index contributed by atoms with van der Waals surface area (Å²) in [4.78, 5) is 0. The standard InChI is InChI=1S/C30H30N2OP/c1-33-23-25-15-12-22-32(25)31-30(24-13-5-2-6-14-24)28-20-11-21-29(28)34(26-16-7-3-8-17-26)27-18-9-4-10-19-27/h2-11,13-14,16-21,25H,12,15,22-23H2,1H3/b31-30+/t25-/m0/s1. The van der Waals surface area contributed by atoms with Crippen molar-refractivity contribution >= 4 is 24.2 Å². The van der Waals surface area contributed by atoms with Crippen LogP contribution in [0.2, 0.25) is 0 Å². The number of ether oxygens (including phenoxy) is 1. The molecule has 3 aromatic carbocycles. The zero-order chi connectivity index (χ0) is 23.2. The fourth-order valence-corrected chi connectivity index (χ4v) is 7.14. The van der Waals surface area contributed by atoms with Gasteiger partial charge in [-0.15, -0.1) is 0 Å². The van der Waals surface area contributed by atoms with Crippen LogP contribution in [0, 0.1) is 30.8 Å². The molecule has 1 aliphatic carbocycles. The Morgan fingerprint density at radius 3 is 2.12 bits per heavy atom. The number of rotatable bonds is 8. The summed E-state index contributed by atoms with van der Waals surface area (Å²) in [6.07, 6.45) is 8.98. The molecule has 1 heterocycles. The molecule has 0 aromatic heterocycles. The Morgan fingerprint density at radius 2 is 1.50 bits per heavy atom. The fraction of sp³-hybridized carbons (Fsp3) is 0.200. The maximum atomic E-state index is 5.50. The van der Waals surface area contributed by atoms with E-state index in [9.17, 15) is 0 Å². The van der Waals surface area contributed by atoms with E-state index < -0.39 is 7.92 Å². The first-order chi connectivity index (χ1) is 16.8. The lowest BCUT2D eigenvalue weighted by Crippen LogP contribution is -2.32. The van der Waals surface area contributed by atoms with E-state index >= 15 is 0 Å². The number of hydrogen-bond acceptors (Lipinski definition) is 3. The van der Waals surface area contributed by atoms with Gasteiger partial charge < -0.3 is 4.74 Å². The minimum absolute atomic E-state index is 0.326. The van der Waals surface area contributed by atoms with Crippen molar-refractivity contribution in [3.8, 4) is 0 Å². The van der Waals surface area contributed by atoms with Gasteiger partial charge in [0.1, 0.15) is 0 Å². The molecule has 2 aliphatic rings. The Hall–Kier alpha value is -2.48. The lowest BCUT2D eigenvalue weighted by molar-refractivity contribution is 0.118. The predicted octanol–water partition coefficient (Wildman–Crippen LogP) is 5.37. The van der Waals surface area contributed by atoms with Crippen LogP contribution in [0.5, 0.6) is 0 Å². The molecular formula is C30H30N2OP. The lowest BCUT2D eigenvalue weighted by atomic mass is 9.95. The third-order valence-electron chi connectivity index (χ3n) is 6.30. The van der Waals surface area contributed by atoms with Crippen molar-refractivity contribution in [1.29, 1.82) is 0 Å². The van der Waals surface area contributed by atoms with Gasteiger partial charge in [0.25, 0.3) is 0 Å². The molecule has 0 spiro atoms. The highest BCUT2D eigenvalue weighted by atomic mass is 31.1. The molecule has 1 saturated heterocycles. The van der Waals surface area contributed by atoms with Gasteiger partial charge in [-0.1, -0.05) is 91.0 Å². The highest BCUT2D eigenvalue weighted by Crippen LogP contribution is 2.56. The molecule has 3 aromatic rings. The molecule has 171 valence electrons. The van der Waals surface area contributed by atoms with Crippen molar-refractivity contribution in [2.45, 2.75) is 18.9 Å². The van der Waals surface area contributed by atoms with Gasteiger partial charge in [0.15, 0.2) is 0 Å². The Morgan fingerprint density at radius 1 is 0.882 bits per heavy atom. The maximum absolute atomic E-state index is 5.50. The molecule has 3 nitrogen and oxygen atoms in total. The van der Waals surface area contributed by atoms with Gasteiger partial charge in [-0.05, 0) is 56.2 Å². The van der Waals surface area contributed by atoms with Crippen LogP contribution in [0.1, 0.15) is 18.4 Å². The summed E-state index contributed by atoms with van der Waals surface area (Å²) in [5.41, 5.74) is 3.54. The number of benzene rings is 3. The zero-order valence-corrected chi connectivity index (χ0v) is 20.4. The molecule has 0 unspecified atom stereocenters. The maximum Gasteiger partial charge on any atom is 0.0762 e. The monoisotopic (exact) mass is 465 g/mol. The summed E-state index contributed by atoms with van der Waals surface area (Å²) in [7, 11) is 1.07. The molecule has 4 heteroatoms. The van der Waals surface area contributed by atoms with Crippen LogP contribution in [0.25, 0.3) is 0 Å². The summed E-state index contributed by atoms with van der Waals surface area (Å²) in [5, 5.41) is 10.2. The Labute approximate surface area is 205 Å². The molecule has 0 N–H and O–H groups in total. The normalized spacial score (nSPS) is 19.9. The van der Waals surface area contributed by atoms with Gasteiger partial charge >= 0.3 is 0 Å². The van der Waals surface area contributed by atoms with Crippen LogP contribution in [0.3, 0.4) is 0 Å². The minimum atomic E-state index is -0.712. The SMILES string of the molecule is COC[C@@H]1CCCN1/N=C(/[C]1[CH][CH][CH][C]1P(c1ccccc1)c1ccccc1)c1ccccc1. The average molecular weight is 466 g/mol.